The van der Waals surface area contributed by atoms with Crippen molar-refractivity contribution < 1.29 is 0 Å². The molecule has 0 amide bonds. The van der Waals surface area contributed by atoms with E-state index in [2.05, 4.69) is 6.92 Å². The van der Waals surface area contributed by atoms with Crippen molar-refractivity contribution in [3.8, 4) is 0 Å². The van der Waals surface area contributed by atoms with Gasteiger partial charge in [0, 0.05) is 12.1 Å². The summed E-state index contributed by atoms with van der Waals surface area (Å²) in [4.78, 5) is 0. The molecule has 0 aliphatic heterocycles. The maximum absolute atomic E-state index is 5.77. The smallest absolute Gasteiger partial charge is 0.0189 e. The van der Waals surface area contributed by atoms with Gasteiger partial charge in [0.2, 0.25) is 0 Å². The molecule has 84 valence electrons. The molecule has 2 unspecified atom stereocenters. The van der Waals surface area contributed by atoms with Gasteiger partial charge in [-0.25, -0.2) is 0 Å². The summed E-state index contributed by atoms with van der Waals surface area (Å²) in [5, 5.41) is 0. The van der Waals surface area contributed by atoms with Gasteiger partial charge < -0.3 is 11.5 Å². The number of halogens is 2. The van der Waals surface area contributed by atoms with E-state index in [0.29, 0.717) is 0 Å². The zero-order valence-corrected chi connectivity index (χ0v) is 10.3. The number of hydrogen-bond acceptors (Lipinski definition) is 2. The molecule has 0 saturated heterocycles. The highest BCUT2D eigenvalue weighted by molar-refractivity contribution is 5.85. The highest BCUT2D eigenvalue weighted by Gasteiger charge is 2.05. The first kappa shape index (κ1) is 19.1. The Morgan fingerprint density at radius 3 is 1.92 bits per heavy atom. The Labute approximate surface area is 94.6 Å². The molecule has 0 aliphatic carbocycles. The SMILES string of the molecule is CCCCCCC(N)C(C)N.Cl.Cl. The minimum absolute atomic E-state index is 0. The third kappa shape index (κ3) is 12.5. The van der Waals surface area contributed by atoms with Gasteiger partial charge in [0.1, 0.15) is 0 Å². The molecule has 0 saturated carbocycles. The summed E-state index contributed by atoms with van der Waals surface area (Å²) < 4.78 is 0. The average molecular weight is 231 g/mol. The van der Waals surface area contributed by atoms with E-state index in [1.54, 1.807) is 0 Å². The fraction of sp³-hybridized carbons (Fsp3) is 1.00. The molecule has 4 heteroatoms. The maximum atomic E-state index is 5.77. The lowest BCUT2D eigenvalue weighted by Gasteiger charge is -2.14. The lowest BCUT2D eigenvalue weighted by Crippen LogP contribution is -2.38. The van der Waals surface area contributed by atoms with Gasteiger partial charge in [0.15, 0.2) is 0 Å². The highest BCUT2D eigenvalue weighted by Crippen LogP contribution is 2.05. The van der Waals surface area contributed by atoms with E-state index in [0.717, 1.165) is 6.42 Å². The van der Waals surface area contributed by atoms with E-state index in [-0.39, 0.29) is 36.9 Å². The molecule has 0 bridgehead atoms. The molecule has 0 rings (SSSR count). The quantitative estimate of drug-likeness (QED) is 0.690. The molecule has 0 aromatic heterocycles. The topological polar surface area (TPSA) is 52.0 Å². The Morgan fingerprint density at radius 1 is 1.00 bits per heavy atom. The molecule has 0 aromatic rings. The lowest BCUT2D eigenvalue weighted by molar-refractivity contribution is 0.490. The first-order chi connectivity index (χ1) is 5.18. The molecule has 0 heterocycles. The van der Waals surface area contributed by atoms with Gasteiger partial charge in [-0.1, -0.05) is 32.6 Å². The van der Waals surface area contributed by atoms with Crippen molar-refractivity contribution in [2.75, 3.05) is 0 Å². The molecule has 0 aliphatic rings. The maximum Gasteiger partial charge on any atom is 0.0189 e. The normalized spacial score (nSPS) is 13.8. The molecule has 13 heavy (non-hydrogen) atoms. The molecule has 0 radical (unpaired) electrons. The van der Waals surface area contributed by atoms with Gasteiger partial charge in [0.25, 0.3) is 0 Å². The summed E-state index contributed by atoms with van der Waals surface area (Å²) in [5.41, 5.74) is 11.4. The van der Waals surface area contributed by atoms with Crippen molar-refractivity contribution in [2.24, 2.45) is 11.5 Å². The fourth-order valence-corrected chi connectivity index (χ4v) is 1.07. The van der Waals surface area contributed by atoms with Crippen LogP contribution in [0.3, 0.4) is 0 Å². The number of nitrogens with two attached hydrogens (primary N) is 2. The van der Waals surface area contributed by atoms with Gasteiger partial charge in [-0.15, -0.1) is 24.8 Å². The number of rotatable bonds is 6. The first-order valence-electron chi connectivity index (χ1n) is 4.69. The molecule has 4 N–H and O–H groups in total. The van der Waals surface area contributed by atoms with Gasteiger partial charge >= 0.3 is 0 Å². The van der Waals surface area contributed by atoms with E-state index in [1.165, 1.54) is 25.7 Å². The van der Waals surface area contributed by atoms with Crippen molar-refractivity contribution >= 4 is 24.8 Å². The van der Waals surface area contributed by atoms with Crippen LogP contribution in [0, 0.1) is 0 Å². The Balaban J connectivity index is -0.000000500. The van der Waals surface area contributed by atoms with E-state index in [4.69, 9.17) is 11.5 Å². The van der Waals surface area contributed by atoms with E-state index in [1.807, 2.05) is 6.92 Å². The molecular weight excluding hydrogens is 207 g/mol. The van der Waals surface area contributed by atoms with Gasteiger partial charge in [-0.05, 0) is 13.3 Å². The van der Waals surface area contributed by atoms with Crippen molar-refractivity contribution in [3.63, 3.8) is 0 Å². The number of hydrogen-bond donors (Lipinski definition) is 2. The minimum Gasteiger partial charge on any atom is -0.327 e. The van der Waals surface area contributed by atoms with Crippen LogP contribution in [-0.2, 0) is 0 Å². The fourth-order valence-electron chi connectivity index (χ4n) is 1.07. The van der Waals surface area contributed by atoms with Crippen molar-refractivity contribution in [1.82, 2.24) is 0 Å². The second-order valence-corrected chi connectivity index (χ2v) is 3.37. The van der Waals surface area contributed by atoms with Crippen LogP contribution in [0.4, 0.5) is 0 Å². The van der Waals surface area contributed by atoms with Crippen molar-refractivity contribution in [3.05, 3.63) is 0 Å². The van der Waals surface area contributed by atoms with Crippen LogP contribution in [0.15, 0.2) is 0 Å². The summed E-state index contributed by atoms with van der Waals surface area (Å²) >= 11 is 0. The third-order valence-electron chi connectivity index (χ3n) is 2.07. The monoisotopic (exact) mass is 230 g/mol. The predicted molar refractivity (Wildman–Crippen MR) is 64.9 cm³/mol. The largest absolute Gasteiger partial charge is 0.327 e. The molecular formula is C9H24Cl2N2. The van der Waals surface area contributed by atoms with Crippen LogP contribution in [0.2, 0.25) is 0 Å². The Bertz CT molecular complexity index is 89.7. The van der Waals surface area contributed by atoms with E-state index < -0.39 is 0 Å². The number of unbranched alkanes of at least 4 members (excludes halogenated alkanes) is 3. The second-order valence-electron chi connectivity index (χ2n) is 3.37. The van der Waals surface area contributed by atoms with Crippen LogP contribution >= 0.6 is 24.8 Å². The summed E-state index contributed by atoms with van der Waals surface area (Å²) in [5.74, 6) is 0. The Hall–Kier alpha value is 0.500. The third-order valence-corrected chi connectivity index (χ3v) is 2.07. The summed E-state index contributed by atoms with van der Waals surface area (Å²) in [6.07, 6.45) is 6.23. The molecule has 0 fully saturated rings. The Kier molecular flexibility index (Phi) is 18.4. The lowest BCUT2D eigenvalue weighted by atomic mass is 10.0. The van der Waals surface area contributed by atoms with Gasteiger partial charge in [0.05, 0.1) is 0 Å². The summed E-state index contributed by atoms with van der Waals surface area (Å²) in [6.45, 7) is 4.19. The molecule has 2 atom stereocenters. The highest BCUT2D eigenvalue weighted by atomic mass is 35.5. The van der Waals surface area contributed by atoms with Crippen LogP contribution in [0.5, 0.6) is 0 Å². The van der Waals surface area contributed by atoms with E-state index >= 15 is 0 Å². The van der Waals surface area contributed by atoms with Crippen LogP contribution in [-0.4, -0.2) is 12.1 Å². The zero-order chi connectivity index (χ0) is 8.69. The zero-order valence-electron chi connectivity index (χ0n) is 8.66. The first-order valence-corrected chi connectivity index (χ1v) is 4.69. The average Bonchev–Trinajstić information content (AvgIpc) is 1.97. The standard InChI is InChI=1S/C9H22N2.2ClH/c1-3-4-5-6-7-9(11)8(2)10;;/h8-9H,3-7,10-11H2,1-2H3;2*1H. The predicted octanol–water partition coefficient (Wildman–Crippen LogP) is 2.47. The molecule has 0 aromatic carbocycles. The van der Waals surface area contributed by atoms with E-state index in [9.17, 15) is 0 Å². The van der Waals surface area contributed by atoms with Crippen LogP contribution in [0.25, 0.3) is 0 Å². The summed E-state index contributed by atoms with van der Waals surface area (Å²) in [6, 6.07) is 0.350. The van der Waals surface area contributed by atoms with Crippen LogP contribution in [0.1, 0.15) is 46.0 Å². The second kappa shape index (κ2) is 12.5. The van der Waals surface area contributed by atoms with Gasteiger partial charge in [-0.2, -0.15) is 0 Å². The Morgan fingerprint density at radius 2 is 1.54 bits per heavy atom. The molecule has 0 spiro atoms. The van der Waals surface area contributed by atoms with Crippen LogP contribution < -0.4 is 11.5 Å². The summed E-state index contributed by atoms with van der Waals surface area (Å²) in [7, 11) is 0. The minimum atomic E-state index is 0. The van der Waals surface area contributed by atoms with Crippen molar-refractivity contribution in [2.45, 2.75) is 58.0 Å². The van der Waals surface area contributed by atoms with Crippen molar-refractivity contribution in [1.29, 1.82) is 0 Å². The van der Waals surface area contributed by atoms with Gasteiger partial charge in [-0.3, -0.25) is 0 Å². The molecule has 2 nitrogen and oxygen atoms in total.